The van der Waals surface area contributed by atoms with E-state index in [-0.39, 0.29) is 5.91 Å². The minimum absolute atomic E-state index is 0.0241. The predicted molar refractivity (Wildman–Crippen MR) is 100 cm³/mol. The van der Waals surface area contributed by atoms with Gasteiger partial charge in [0.15, 0.2) is 0 Å². The molecule has 3 aromatic rings. The smallest absolute Gasteiger partial charge is 0.257 e. The van der Waals surface area contributed by atoms with Gasteiger partial charge in [-0.05, 0) is 26.7 Å². The van der Waals surface area contributed by atoms with Crippen LogP contribution in [0.15, 0.2) is 24.0 Å². The number of likely N-dealkylation sites (tertiary alicyclic amines) is 1. The zero-order chi connectivity index (χ0) is 18.1. The Bertz CT molecular complexity index is 910. The largest absolute Gasteiger partial charge is 0.338 e. The van der Waals surface area contributed by atoms with Crippen molar-refractivity contribution in [1.82, 2.24) is 29.9 Å². The van der Waals surface area contributed by atoms with E-state index in [1.165, 1.54) is 0 Å². The maximum absolute atomic E-state index is 13.1. The number of thiazole rings is 1. The first-order chi connectivity index (χ1) is 12.7. The summed E-state index contributed by atoms with van der Waals surface area (Å²) in [5.74, 6) is 0.348. The van der Waals surface area contributed by atoms with Gasteiger partial charge in [0.2, 0.25) is 0 Å². The van der Waals surface area contributed by atoms with Crippen molar-refractivity contribution in [3.8, 4) is 11.3 Å². The Kier molecular flexibility index (Phi) is 4.58. The van der Waals surface area contributed by atoms with E-state index < -0.39 is 0 Å². The number of aromatic nitrogens is 5. The van der Waals surface area contributed by atoms with E-state index >= 15 is 0 Å². The van der Waals surface area contributed by atoms with Gasteiger partial charge in [0, 0.05) is 48.4 Å². The Morgan fingerprint density at radius 3 is 3.04 bits per heavy atom. The Labute approximate surface area is 156 Å². The van der Waals surface area contributed by atoms with Crippen molar-refractivity contribution in [2.24, 2.45) is 0 Å². The monoisotopic (exact) mass is 370 g/mol. The van der Waals surface area contributed by atoms with E-state index in [0.29, 0.717) is 18.0 Å². The lowest BCUT2D eigenvalue weighted by atomic mass is 9.98. The Balaban J connectivity index is 1.55. The number of nitrogens with zero attached hydrogens (tertiary/aromatic N) is 5. The molecule has 1 atom stereocenters. The lowest BCUT2D eigenvalue weighted by Gasteiger charge is -2.31. The molecular formula is C18H22N6OS. The molecule has 3 aromatic heterocycles. The zero-order valence-electron chi connectivity index (χ0n) is 15.0. The summed E-state index contributed by atoms with van der Waals surface area (Å²) >= 11 is 1.69. The molecule has 0 radical (unpaired) electrons. The summed E-state index contributed by atoms with van der Waals surface area (Å²) in [4.78, 5) is 19.7. The molecule has 4 heterocycles. The minimum atomic E-state index is 0.0241. The van der Waals surface area contributed by atoms with Crippen molar-refractivity contribution in [1.29, 1.82) is 0 Å². The average Bonchev–Trinajstić information content (AvgIpc) is 3.40. The molecule has 4 rings (SSSR count). The standard InChI is InChI=1S/C18H22N6OS/c1-3-24-10-14(7-20-24)16-15(8-19-22-16)18(25)23-6-4-5-13(9-23)17-21-12(2)11-26-17/h7-8,10-11,13H,3-6,9H2,1-2H3,(H,19,22). The summed E-state index contributed by atoms with van der Waals surface area (Å²) in [6, 6.07) is 0. The van der Waals surface area contributed by atoms with Gasteiger partial charge in [-0.1, -0.05) is 0 Å². The van der Waals surface area contributed by atoms with Crippen molar-refractivity contribution < 1.29 is 4.79 Å². The van der Waals surface area contributed by atoms with Gasteiger partial charge in [-0.15, -0.1) is 11.3 Å². The fourth-order valence-electron chi connectivity index (χ4n) is 3.43. The fraction of sp³-hybridized carbons (Fsp3) is 0.444. The average molecular weight is 370 g/mol. The molecule has 1 amide bonds. The number of H-pyrrole nitrogens is 1. The first-order valence-corrected chi connectivity index (χ1v) is 9.81. The lowest BCUT2D eigenvalue weighted by molar-refractivity contribution is 0.0708. The van der Waals surface area contributed by atoms with Gasteiger partial charge in [-0.3, -0.25) is 14.6 Å². The van der Waals surface area contributed by atoms with Crippen molar-refractivity contribution in [2.75, 3.05) is 13.1 Å². The highest BCUT2D eigenvalue weighted by atomic mass is 32.1. The summed E-state index contributed by atoms with van der Waals surface area (Å²) < 4.78 is 1.84. The van der Waals surface area contributed by atoms with Crippen LogP contribution in [-0.4, -0.2) is 48.9 Å². The highest BCUT2D eigenvalue weighted by molar-refractivity contribution is 7.09. The van der Waals surface area contributed by atoms with E-state index in [0.717, 1.165) is 47.9 Å². The van der Waals surface area contributed by atoms with E-state index in [2.05, 4.69) is 25.7 Å². The third kappa shape index (κ3) is 3.16. The third-order valence-corrected chi connectivity index (χ3v) is 5.94. The summed E-state index contributed by atoms with van der Waals surface area (Å²) in [5.41, 5.74) is 3.29. The molecule has 26 heavy (non-hydrogen) atoms. The summed E-state index contributed by atoms with van der Waals surface area (Å²) in [6.07, 6.45) is 7.40. The molecule has 1 unspecified atom stereocenters. The number of nitrogens with one attached hydrogen (secondary N) is 1. The summed E-state index contributed by atoms with van der Waals surface area (Å²) in [7, 11) is 0. The van der Waals surface area contributed by atoms with Gasteiger partial charge in [0.25, 0.3) is 5.91 Å². The maximum Gasteiger partial charge on any atom is 0.257 e. The van der Waals surface area contributed by atoms with Crippen LogP contribution in [-0.2, 0) is 6.54 Å². The topological polar surface area (TPSA) is 79.7 Å². The fourth-order valence-corrected chi connectivity index (χ4v) is 4.35. The lowest BCUT2D eigenvalue weighted by Crippen LogP contribution is -2.39. The number of aromatic amines is 1. The number of carbonyl (C=O) groups excluding carboxylic acids is 1. The van der Waals surface area contributed by atoms with Gasteiger partial charge in [-0.25, -0.2) is 4.98 Å². The normalized spacial score (nSPS) is 17.6. The molecule has 1 aliphatic heterocycles. The molecule has 1 saturated heterocycles. The van der Waals surface area contributed by atoms with Gasteiger partial charge >= 0.3 is 0 Å². The molecule has 0 saturated carbocycles. The molecule has 0 bridgehead atoms. The molecule has 1 aliphatic rings. The Hall–Kier alpha value is -2.48. The minimum Gasteiger partial charge on any atom is -0.338 e. The highest BCUT2D eigenvalue weighted by Crippen LogP contribution is 2.31. The van der Waals surface area contributed by atoms with Gasteiger partial charge in [0.05, 0.1) is 28.7 Å². The molecule has 1 N–H and O–H groups in total. The third-order valence-electron chi connectivity index (χ3n) is 4.81. The Morgan fingerprint density at radius 1 is 1.42 bits per heavy atom. The maximum atomic E-state index is 13.1. The van der Waals surface area contributed by atoms with Crippen LogP contribution in [0, 0.1) is 6.92 Å². The second kappa shape index (κ2) is 7.03. The second-order valence-corrected chi connectivity index (χ2v) is 7.55. The SMILES string of the molecule is CCn1cc(-c2[nH]ncc2C(=O)N2CCCC(c3nc(C)cs3)C2)cn1. The van der Waals surface area contributed by atoms with Crippen LogP contribution in [0.4, 0.5) is 0 Å². The predicted octanol–water partition coefficient (Wildman–Crippen LogP) is 3.08. The number of hydrogen-bond donors (Lipinski definition) is 1. The number of hydrogen-bond acceptors (Lipinski definition) is 5. The van der Waals surface area contributed by atoms with E-state index in [9.17, 15) is 4.79 Å². The van der Waals surface area contributed by atoms with Gasteiger partial charge in [-0.2, -0.15) is 10.2 Å². The van der Waals surface area contributed by atoms with Crippen molar-refractivity contribution in [3.63, 3.8) is 0 Å². The molecule has 0 aromatic carbocycles. The first kappa shape index (κ1) is 17.0. The van der Waals surface area contributed by atoms with Crippen molar-refractivity contribution in [2.45, 2.75) is 39.2 Å². The van der Waals surface area contributed by atoms with Crippen LogP contribution in [0.2, 0.25) is 0 Å². The first-order valence-electron chi connectivity index (χ1n) is 8.93. The quantitative estimate of drug-likeness (QED) is 0.765. The van der Waals surface area contributed by atoms with Crippen LogP contribution in [0.1, 0.15) is 46.7 Å². The summed E-state index contributed by atoms with van der Waals surface area (Å²) in [6.45, 7) is 6.32. The highest BCUT2D eigenvalue weighted by Gasteiger charge is 2.29. The van der Waals surface area contributed by atoms with Crippen molar-refractivity contribution >= 4 is 17.2 Å². The van der Waals surface area contributed by atoms with Crippen LogP contribution >= 0.6 is 11.3 Å². The second-order valence-electron chi connectivity index (χ2n) is 6.66. The van der Waals surface area contributed by atoms with Crippen LogP contribution < -0.4 is 0 Å². The van der Waals surface area contributed by atoms with E-state index in [1.807, 2.05) is 29.6 Å². The van der Waals surface area contributed by atoms with E-state index in [1.54, 1.807) is 23.7 Å². The Morgan fingerprint density at radius 2 is 2.31 bits per heavy atom. The molecular weight excluding hydrogens is 348 g/mol. The summed E-state index contributed by atoms with van der Waals surface area (Å²) in [5, 5.41) is 14.6. The molecule has 0 aliphatic carbocycles. The van der Waals surface area contributed by atoms with Gasteiger partial charge in [0.1, 0.15) is 0 Å². The van der Waals surface area contributed by atoms with Crippen molar-refractivity contribution in [3.05, 3.63) is 40.2 Å². The molecule has 1 fully saturated rings. The van der Waals surface area contributed by atoms with Crippen LogP contribution in [0.3, 0.4) is 0 Å². The molecule has 7 nitrogen and oxygen atoms in total. The number of amides is 1. The number of aryl methyl sites for hydroxylation is 2. The van der Waals surface area contributed by atoms with Crippen LogP contribution in [0.25, 0.3) is 11.3 Å². The van der Waals surface area contributed by atoms with Gasteiger partial charge < -0.3 is 4.90 Å². The molecule has 136 valence electrons. The number of piperidine rings is 1. The molecule has 8 heteroatoms. The van der Waals surface area contributed by atoms with Crippen LogP contribution in [0.5, 0.6) is 0 Å². The number of rotatable bonds is 4. The molecule has 0 spiro atoms. The number of carbonyl (C=O) groups is 1. The zero-order valence-corrected chi connectivity index (χ0v) is 15.8. The van der Waals surface area contributed by atoms with E-state index in [4.69, 9.17) is 0 Å².